The number of para-hydroxylation sites is 1. The number of nitrogens with one attached hydrogen (secondary N) is 2. The van der Waals surface area contributed by atoms with E-state index in [1.807, 2.05) is 18.2 Å². The van der Waals surface area contributed by atoms with Crippen LogP contribution in [0.2, 0.25) is 0 Å². The first kappa shape index (κ1) is 21.4. The fourth-order valence-corrected chi connectivity index (χ4v) is 4.77. The number of piperidine rings is 4. The number of amides is 1. The van der Waals surface area contributed by atoms with Crippen molar-refractivity contribution in [1.82, 2.24) is 20.5 Å². The van der Waals surface area contributed by atoms with Gasteiger partial charge in [-0.1, -0.05) is 6.07 Å². The summed E-state index contributed by atoms with van der Waals surface area (Å²) >= 11 is 0. The standard InChI is InChI=1S/C20H26N4O2.2ClH/c25-19(22-16-12-24-10-6-13(16)7-11-24)15-2-1-3-17-18(15)23-20(26-17)14-4-8-21-9-5-14;;/h1-3,13-14,16,21H,4-12H2,(H,22,25);2*1H. The lowest BCUT2D eigenvalue weighted by molar-refractivity contribution is 0.0621. The first-order valence-electron chi connectivity index (χ1n) is 9.91. The Kier molecular flexibility index (Phi) is 6.86. The largest absolute Gasteiger partial charge is 0.440 e. The number of carbonyl (C=O) groups excluding carboxylic acids is 1. The van der Waals surface area contributed by atoms with Gasteiger partial charge in [-0.15, -0.1) is 24.8 Å². The molecule has 4 saturated heterocycles. The van der Waals surface area contributed by atoms with Crippen LogP contribution in [0, 0.1) is 5.92 Å². The number of hydrogen-bond donors (Lipinski definition) is 2. The van der Waals surface area contributed by atoms with E-state index in [1.54, 1.807) is 0 Å². The van der Waals surface area contributed by atoms with Gasteiger partial charge in [0.15, 0.2) is 11.5 Å². The molecule has 0 saturated carbocycles. The van der Waals surface area contributed by atoms with Crippen molar-refractivity contribution < 1.29 is 9.21 Å². The average Bonchev–Trinajstić information content (AvgIpc) is 3.14. The van der Waals surface area contributed by atoms with E-state index in [-0.39, 0.29) is 36.8 Å². The van der Waals surface area contributed by atoms with E-state index in [1.165, 1.54) is 25.9 Å². The van der Waals surface area contributed by atoms with Crippen molar-refractivity contribution in [1.29, 1.82) is 0 Å². The molecule has 1 amide bonds. The van der Waals surface area contributed by atoms with Crippen molar-refractivity contribution in [2.24, 2.45) is 5.92 Å². The molecule has 1 aromatic heterocycles. The fraction of sp³-hybridized carbons (Fsp3) is 0.600. The van der Waals surface area contributed by atoms with Crippen LogP contribution >= 0.6 is 24.8 Å². The van der Waals surface area contributed by atoms with Gasteiger partial charge >= 0.3 is 0 Å². The molecule has 2 bridgehead atoms. The number of hydrogen-bond acceptors (Lipinski definition) is 5. The molecule has 154 valence electrons. The second-order valence-electron chi connectivity index (χ2n) is 7.95. The van der Waals surface area contributed by atoms with E-state index in [0.29, 0.717) is 22.9 Å². The van der Waals surface area contributed by atoms with Gasteiger partial charge in [-0.3, -0.25) is 4.79 Å². The van der Waals surface area contributed by atoms with E-state index in [9.17, 15) is 4.79 Å². The van der Waals surface area contributed by atoms with Gasteiger partial charge in [0, 0.05) is 18.5 Å². The topological polar surface area (TPSA) is 70.4 Å². The Morgan fingerprint density at radius 3 is 2.57 bits per heavy atom. The molecule has 1 aromatic carbocycles. The number of rotatable bonds is 3. The quantitative estimate of drug-likeness (QED) is 0.789. The molecule has 4 fully saturated rings. The normalized spacial score (nSPS) is 27.1. The van der Waals surface area contributed by atoms with Crippen LogP contribution in [0.5, 0.6) is 0 Å². The van der Waals surface area contributed by atoms with Crippen LogP contribution in [0.25, 0.3) is 11.1 Å². The molecule has 0 radical (unpaired) electrons. The van der Waals surface area contributed by atoms with Gasteiger partial charge < -0.3 is 20.0 Å². The van der Waals surface area contributed by atoms with E-state index in [0.717, 1.165) is 43.9 Å². The Morgan fingerprint density at radius 1 is 1.14 bits per heavy atom. The molecular weight excluding hydrogens is 399 g/mol. The van der Waals surface area contributed by atoms with Crippen molar-refractivity contribution in [3.8, 4) is 0 Å². The molecule has 0 spiro atoms. The molecule has 5 heterocycles. The molecule has 8 heteroatoms. The third-order valence-electron chi connectivity index (χ3n) is 6.34. The third kappa shape index (κ3) is 4.01. The highest BCUT2D eigenvalue weighted by Crippen LogP contribution is 2.30. The Hall–Kier alpha value is -1.34. The summed E-state index contributed by atoms with van der Waals surface area (Å²) in [6.07, 6.45) is 4.46. The number of oxazole rings is 1. The molecule has 2 N–H and O–H groups in total. The lowest BCUT2D eigenvalue weighted by Gasteiger charge is -2.44. The van der Waals surface area contributed by atoms with Crippen molar-refractivity contribution in [2.75, 3.05) is 32.7 Å². The molecule has 4 aliphatic rings. The zero-order valence-corrected chi connectivity index (χ0v) is 17.5. The second kappa shape index (κ2) is 8.99. The first-order valence-corrected chi connectivity index (χ1v) is 9.91. The highest BCUT2D eigenvalue weighted by Gasteiger charge is 2.35. The number of halogens is 2. The Labute approximate surface area is 177 Å². The zero-order chi connectivity index (χ0) is 17.5. The molecule has 2 aromatic rings. The van der Waals surface area contributed by atoms with Gasteiger partial charge in [0.05, 0.1) is 5.56 Å². The summed E-state index contributed by atoms with van der Waals surface area (Å²) in [6, 6.07) is 5.94. The molecule has 1 unspecified atom stereocenters. The van der Waals surface area contributed by atoms with Crippen molar-refractivity contribution >= 4 is 41.8 Å². The maximum absolute atomic E-state index is 13.0. The zero-order valence-electron chi connectivity index (χ0n) is 15.9. The number of nitrogens with zero attached hydrogens (tertiary/aromatic N) is 2. The Bertz CT molecular complexity index is 814. The molecule has 4 aliphatic heterocycles. The minimum Gasteiger partial charge on any atom is -0.440 e. The Balaban J connectivity index is 0.00000112. The van der Waals surface area contributed by atoms with Gasteiger partial charge in [-0.25, -0.2) is 4.98 Å². The fourth-order valence-electron chi connectivity index (χ4n) is 4.77. The monoisotopic (exact) mass is 426 g/mol. The minimum absolute atomic E-state index is 0. The van der Waals surface area contributed by atoms with Crippen LogP contribution in [-0.4, -0.2) is 54.6 Å². The highest BCUT2D eigenvalue weighted by molar-refractivity contribution is 6.04. The molecule has 0 aliphatic carbocycles. The summed E-state index contributed by atoms with van der Waals surface area (Å²) in [5, 5.41) is 6.64. The van der Waals surface area contributed by atoms with E-state index >= 15 is 0 Å². The van der Waals surface area contributed by atoms with Gasteiger partial charge in [-0.05, 0) is 69.9 Å². The van der Waals surface area contributed by atoms with E-state index in [4.69, 9.17) is 9.40 Å². The Morgan fingerprint density at radius 2 is 1.89 bits per heavy atom. The van der Waals surface area contributed by atoms with Gasteiger partial charge in [0.2, 0.25) is 0 Å². The van der Waals surface area contributed by atoms with Gasteiger partial charge in [-0.2, -0.15) is 0 Å². The summed E-state index contributed by atoms with van der Waals surface area (Å²) in [6.45, 7) is 5.32. The highest BCUT2D eigenvalue weighted by atomic mass is 35.5. The van der Waals surface area contributed by atoms with Crippen LogP contribution in [-0.2, 0) is 0 Å². The summed E-state index contributed by atoms with van der Waals surface area (Å²) < 4.78 is 6.01. The molecule has 6 nitrogen and oxygen atoms in total. The summed E-state index contributed by atoms with van der Waals surface area (Å²) in [7, 11) is 0. The predicted octanol–water partition coefficient (Wildman–Crippen LogP) is 2.96. The van der Waals surface area contributed by atoms with Crippen LogP contribution in [0.15, 0.2) is 22.6 Å². The number of carbonyl (C=O) groups is 1. The smallest absolute Gasteiger partial charge is 0.253 e. The summed E-state index contributed by atoms with van der Waals surface area (Å²) in [4.78, 5) is 20.2. The van der Waals surface area contributed by atoms with Crippen LogP contribution in [0.3, 0.4) is 0 Å². The van der Waals surface area contributed by atoms with Crippen LogP contribution < -0.4 is 10.6 Å². The number of benzene rings is 1. The molecular formula is C20H28Cl2N4O2. The number of aromatic nitrogens is 1. The molecule has 6 rings (SSSR count). The van der Waals surface area contributed by atoms with E-state index < -0.39 is 0 Å². The predicted molar refractivity (Wildman–Crippen MR) is 114 cm³/mol. The van der Waals surface area contributed by atoms with Crippen LogP contribution in [0.1, 0.15) is 47.8 Å². The lowest BCUT2D eigenvalue weighted by Crippen LogP contribution is -2.57. The van der Waals surface area contributed by atoms with E-state index in [2.05, 4.69) is 15.5 Å². The van der Waals surface area contributed by atoms with Crippen molar-refractivity contribution in [3.05, 3.63) is 29.7 Å². The summed E-state index contributed by atoms with van der Waals surface area (Å²) in [5.74, 6) is 1.73. The lowest BCUT2D eigenvalue weighted by atomic mass is 9.84. The SMILES string of the molecule is Cl.Cl.O=C(NC1CN2CCC1CC2)c1cccc2oc(C3CCNCC3)nc12. The van der Waals surface area contributed by atoms with Crippen molar-refractivity contribution in [3.63, 3.8) is 0 Å². The summed E-state index contributed by atoms with van der Waals surface area (Å²) in [5.41, 5.74) is 2.07. The average molecular weight is 427 g/mol. The second-order valence-corrected chi connectivity index (χ2v) is 7.95. The maximum Gasteiger partial charge on any atom is 0.253 e. The number of fused-ring (bicyclic) bond motifs is 4. The first-order chi connectivity index (χ1) is 12.8. The minimum atomic E-state index is -0.0143. The van der Waals surface area contributed by atoms with Crippen molar-refractivity contribution in [2.45, 2.75) is 37.6 Å². The maximum atomic E-state index is 13.0. The third-order valence-corrected chi connectivity index (χ3v) is 6.34. The van der Waals surface area contributed by atoms with Gasteiger partial charge in [0.1, 0.15) is 5.52 Å². The van der Waals surface area contributed by atoms with Gasteiger partial charge in [0.25, 0.3) is 5.91 Å². The molecule has 28 heavy (non-hydrogen) atoms. The van der Waals surface area contributed by atoms with Crippen LogP contribution in [0.4, 0.5) is 0 Å². The molecule has 1 atom stereocenters.